The van der Waals surface area contributed by atoms with Gasteiger partial charge in [0.05, 0.1) is 42.8 Å². The number of carboxylic acids is 1. The van der Waals surface area contributed by atoms with E-state index in [0.29, 0.717) is 0 Å². The first kappa shape index (κ1) is 28.5. The molecule has 0 aromatic heterocycles. The Balaban J connectivity index is 2.73. The Morgan fingerprint density at radius 3 is 2.08 bits per heavy atom. The van der Waals surface area contributed by atoms with Gasteiger partial charge >= 0.3 is 17.9 Å². The summed E-state index contributed by atoms with van der Waals surface area (Å²) in [6.07, 6.45) is 0.149. The number of benzene rings is 1. The third-order valence-corrected chi connectivity index (χ3v) is 6.01. The second-order valence-corrected chi connectivity index (χ2v) is 8.19. The summed E-state index contributed by atoms with van der Waals surface area (Å²) in [6, 6.07) is 4.55. The van der Waals surface area contributed by atoms with E-state index in [1.165, 1.54) is 38.1 Å². The van der Waals surface area contributed by atoms with Crippen LogP contribution < -0.4 is 5.32 Å². The average molecular weight is 522 g/mol. The van der Waals surface area contributed by atoms with Gasteiger partial charge in [0.1, 0.15) is 6.04 Å². The van der Waals surface area contributed by atoms with Crippen LogP contribution >= 0.6 is 12.6 Å². The summed E-state index contributed by atoms with van der Waals surface area (Å²) in [6.45, 7) is 2.43. The van der Waals surface area contributed by atoms with E-state index in [9.17, 15) is 34.4 Å². The van der Waals surface area contributed by atoms with Crippen molar-refractivity contribution < 1.29 is 38.7 Å². The third-order valence-electron chi connectivity index (χ3n) is 5.75. The second kappa shape index (κ2) is 12.3. The highest BCUT2D eigenvalue weighted by atomic mass is 32.1. The summed E-state index contributed by atoms with van der Waals surface area (Å²) in [5.41, 5.74) is -0.506. The first-order valence-electron chi connectivity index (χ1n) is 10.7. The maximum absolute atomic E-state index is 13.3. The number of ether oxygens (including phenoxy) is 2. The van der Waals surface area contributed by atoms with Crippen LogP contribution in [-0.2, 0) is 28.7 Å². The third kappa shape index (κ3) is 5.74. The van der Waals surface area contributed by atoms with E-state index in [4.69, 9.17) is 9.47 Å². The number of hydrogen-bond donors (Lipinski definition) is 3. The molecule has 1 aliphatic rings. The van der Waals surface area contributed by atoms with Gasteiger partial charge in [-0.05, 0) is 26.0 Å². The Labute approximate surface area is 212 Å². The zero-order valence-corrected chi connectivity index (χ0v) is 21.0. The highest BCUT2D eigenvalue weighted by molar-refractivity contribution is 7.80. The van der Waals surface area contributed by atoms with Gasteiger partial charge in [0.2, 0.25) is 5.91 Å². The highest BCUT2D eigenvalue weighted by Gasteiger charge is 2.44. The molecule has 1 unspecified atom stereocenters. The molecule has 1 heterocycles. The summed E-state index contributed by atoms with van der Waals surface area (Å²) in [7, 11) is 2.20. The number of para-hydroxylation sites is 1. The molecule has 194 valence electrons. The van der Waals surface area contributed by atoms with Gasteiger partial charge in [-0.15, -0.1) is 0 Å². The van der Waals surface area contributed by atoms with E-state index in [0.717, 1.165) is 19.1 Å². The van der Waals surface area contributed by atoms with Gasteiger partial charge in [0.25, 0.3) is 5.69 Å². The van der Waals surface area contributed by atoms with Crippen molar-refractivity contribution in [3.63, 3.8) is 0 Å². The number of nitro benzene ring substituents is 1. The Morgan fingerprint density at radius 1 is 1.11 bits per heavy atom. The fraction of sp³-hybridized carbons (Fsp3) is 0.391. The van der Waals surface area contributed by atoms with Crippen LogP contribution in [0.4, 0.5) is 5.69 Å². The van der Waals surface area contributed by atoms with E-state index in [1.807, 2.05) is 0 Å². The molecule has 13 heteroatoms. The number of allylic oxidation sites excluding steroid dienone is 2. The first-order valence-corrected chi connectivity index (χ1v) is 11.4. The fourth-order valence-corrected chi connectivity index (χ4v) is 4.38. The summed E-state index contributed by atoms with van der Waals surface area (Å²) >= 11 is 4.02. The number of hydrogen-bond acceptors (Lipinski definition) is 10. The largest absolute Gasteiger partial charge is 0.480 e. The van der Waals surface area contributed by atoms with Crippen LogP contribution in [0.3, 0.4) is 0 Å². The van der Waals surface area contributed by atoms with Crippen molar-refractivity contribution in [2.24, 2.45) is 0 Å². The van der Waals surface area contributed by atoms with Gasteiger partial charge in [-0.1, -0.05) is 18.2 Å². The average Bonchev–Trinajstić information content (AvgIpc) is 2.85. The number of rotatable bonds is 10. The lowest BCUT2D eigenvalue weighted by molar-refractivity contribution is -0.385. The number of nitro groups is 1. The molecule has 1 aliphatic heterocycles. The number of carboxylic acid groups (broad SMARTS) is 1. The maximum Gasteiger partial charge on any atom is 0.336 e. The van der Waals surface area contributed by atoms with Crippen molar-refractivity contribution in [2.75, 3.05) is 26.5 Å². The van der Waals surface area contributed by atoms with Gasteiger partial charge in [-0.25, -0.2) is 9.59 Å². The zero-order valence-electron chi connectivity index (χ0n) is 20.1. The van der Waals surface area contributed by atoms with E-state index in [1.54, 1.807) is 0 Å². The number of nitrogens with one attached hydrogen (secondary N) is 1. The molecule has 0 spiro atoms. The Kier molecular flexibility index (Phi) is 9.76. The van der Waals surface area contributed by atoms with Gasteiger partial charge in [-0.3, -0.25) is 29.9 Å². The molecular weight excluding hydrogens is 494 g/mol. The number of methoxy groups -OCH3 is 2. The first-order chi connectivity index (χ1) is 17.0. The minimum absolute atomic E-state index is 0.0342. The molecule has 0 saturated heterocycles. The Morgan fingerprint density at radius 2 is 1.64 bits per heavy atom. The molecule has 0 fully saturated rings. The molecule has 1 aromatic carbocycles. The van der Waals surface area contributed by atoms with Crippen LogP contribution in [0, 0.1) is 10.1 Å². The number of amides is 1. The van der Waals surface area contributed by atoms with Crippen molar-refractivity contribution in [1.29, 1.82) is 0 Å². The van der Waals surface area contributed by atoms with Crippen molar-refractivity contribution >= 4 is 42.1 Å². The normalized spacial score (nSPS) is 15.0. The lowest BCUT2D eigenvalue weighted by Gasteiger charge is -2.36. The smallest absolute Gasteiger partial charge is 0.336 e. The minimum Gasteiger partial charge on any atom is -0.480 e. The lowest BCUT2D eigenvalue weighted by Crippen LogP contribution is -2.46. The van der Waals surface area contributed by atoms with Crippen LogP contribution in [0.2, 0.25) is 0 Å². The van der Waals surface area contributed by atoms with E-state index >= 15 is 0 Å². The van der Waals surface area contributed by atoms with Crippen LogP contribution in [-0.4, -0.2) is 71.3 Å². The maximum atomic E-state index is 13.3. The molecule has 12 nitrogen and oxygen atoms in total. The lowest BCUT2D eigenvalue weighted by atomic mass is 9.79. The number of carbonyl (C=O) groups excluding carboxylic acids is 3. The zero-order chi connectivity index (χ0) is 27.2. The standard InChI is InChI=1S/C23H27N3O9S/c1-12-18(22(30)34-3)20(14-7-5-6-8-16(14)26(32)33)19(23(31)35-4)13(2)25(12)17(27)11-24-15(9-10-36)21(28)29/h5-8,15,20,24,36H,9-11H2,1-4H3,(H,28,29). The molecule has 0 bridgehead atoms. The van der Waals surface area contributed by atoms with Gasteiger partial charge in [0, 0.05) is 23.0 Å². The molecule has 0 radical (unpaired) electrons. The Hall–Kier alpha value is -3.71. The molecular formula is C23H27N3O9S. The number of nitrogens with zero attached hydrogens (tertiary/aromatic N) is 2. The quantitative estimate of drug-likeness (QED) is 0.179. The van der Waals surface area contributed by atoms with E-state index in [-0.39, 0.29) is 46.0 Å². The molecule has 1 amide bonds. The van der Waals surface area contributed by atoms with Gasteiger partial charge < -0.3 is 14.6 Å². The monoisotopic (exact) mass is 521 g/mol. The fourth-order valence-electron chi connectivity index (χ4n) is 4.12. The number of aliphatic carboxylic acids is 1. The van der Waals surface area contributed by atoms with Crippen molar-refractivity contribution in [3.05, 3.63) is 62.5 Å². The molecule has 2 N–H and O–H groups in total. The van der Waals surface area contributed by atoms with Gasteiger partial charge in [-0.2, -0.15) is 12.6 Å². The summed E-state index contributed by atoms with van der Waals surface area (Å²) < 4.78 is 9.84. The molecule has 2 rings (SSSR count). The van der Waals surface area contributed by atoms with Crippen LogP contribution in [0.15, 0.2) is 46.8 Å². The summed E-state index contributed by atoms with van der Waals surface area (Å²) in [4.78, 5) is 62.8. The number of thiol groups is 1. The van der Waals surface area contributed by atoms with E-state index in [2.05, 4.69) is 17.9 Å². The van der Waals surface area contributed by atoms with Crippen LogP contribution in [0.1, 0.15) is 31.7 Å². The van der Waals surface area contributed by atoms with Crippen molar-refractivity contribution in [2.45, 2.75) is 32.2 Å². The molecule has 1 atom stereocenters. The number of carbonyl (C=O) groups is 4. The molecule has 0 saturated carbocycles. The van der Waals surface area contributed by atoms with Crippen molar-refractivity contribution in [1.82, 2.24) is 10.2 Å². The van der Waals surface area contributed by atoms with E-state index < -0.39 is 47.2 Å². The minimum atomic E-state index is -1.26. The topological polar surface area (TPSA) is 165 Å². The highest BCUT2D eigenvalue weighted by Crippen LogP contribution is 2.45. The predicted octanol–water partition coefficient (Wildman–Crippen LogP) is 1.78. The van der Waals surface area contributed by atoms with Gasteiger partial charge in [0.15, 0.2) is 0 Å². The summed E-state index contributed by atoms with van der Waals surface area (Å²) in [5.74, 6) is -4.66. The Bertz CT molecular complexity index is 1110. The SMILES string of the molecule is COC(=O)C1=C(C)N(C(=O)CNC(CCS)C(=O)O)C(C)=C(C(=O)OC)C1c1ccccc1[N+](=O)[O-]. The predicted molar refractivity (Wildman–Crippen MR) is 130 cm³/mol. The molecule has 0 aliphatic carbocycles. The second-order valence-electron chi connectivity index (χ2n) is 7.74. The van der Waals surface area contributed by atoms with Crippen LogP contribution in [0.25, 0.3) is 0 Å². The van der Waals surface area contributed by atoms with Crippen LogP contribution in [0.5, 0.6) is 0 Å². The summed E-state index contributed by atoms with van der Waals surface area (Å²) in [5, 5.41) is 23.7. The van der Waals surface area contributed by atoms with Crippen molar-refractivity contribution in [3.8, 4) is 0 Å². The molecule has 36 heavy (non-hydrogen) atoms. The number of esters is 2. The molecule has 1 aromatic rings.